The minimum absolute atomic E-state index is 0.167. The van der Waals surface area contributed by atoms with Gasteiger partial charge in [-0.2, -0.15) is 0 Å². The molecule has 0 amide bonds. The van der Waals surface area contributed by atoms with E-state index in [4.69, 9.17) is 19.3 Å². The van der Waals surface area contributed by atoms with Crippen LogP contribution in [-0.2, 0) is 14.3 Å². The number of ketones is 1. The van der Waals surface area contributed by atoms with Crippen LogP contribution < -0.4 is 4.74 Å². The van der Waals surface area contributed by atoms with Crippen LogP contribution in [-0.4, -0.2) is 44.1 Å². The SMILES string of the molecule is CO.COc1ccc([C@H]2C[C@]3(C)C(=O)CCC3[C@@H]3CCC4CC5(CCC4=C32)OCCO5)cc1. The van der Waals surface area contributed by atoms with E-state index >= 15 is 0 Å². The van der Waals surface area contributed by atoms with Crippen molar-refractivity contribution in [2.75, 3.05) is 27.4 Å². The van der Waals surface area contributed by atoms with Gasteiger partial charge in [0.05, 0.1) is 20.3 Å². The molecule has 3 saturated carbocycles. The highest BCUT2D eigenvalue weighted by molar-refractivity contribution is 5.87. The normalized spacial score (nSPS) is 36.5. The Balaban J connectivity index is 0.00000111. The molecule has 180 valence electrons. The largest absolute Gasteiger partial charge is 0.497 e. The lowest BCUT2D eigenvalue weighted by Crippen LogP contribution is -2.46. The van der Waals surface area contributed by atoms with Gasteiger partial charge >= 0.3 is 0 Å². The molecule has 0 radical (unpaired) electrons. The van der Waals surface area contributed by atoms with Gasteiger partial charge in [0.25, 0.3) is 0 Å². The summed E-state index contributed by atoms with van der Waals surface area (Å²) in [7, 11) is 2.72. The van der Waals surface area contributed by atoms with Gasteiger partial charge in [-0.25, -0.2) is 0 Å². The number of allylic oxidation sites excluding steroid dienone is 2. The molecule has 1 aliphatic heterocycles. The Labute approximate surface area is 197 Å². The topological polar surface area (TPSA) is 65.0 Å². The highest BCUT2D eigenvalue weighted by Crippen LogP contribution is 2.63. The van der Waals surface area contributed by atoms with E-state index < -0.39 is 0 Å². The van der Waals surface area contributed by atoms with Crippen LogP contribution >= 0.6 is 0 Å². The number of hydrogen-bond donors (Lipinski definition) is 1. The van der Waals surface area contributed by atoms with Gasteiger partial charge in [-0.15, -0.1) is 0 Å². The molecule has 4 aliphatic carbocycles. The quantitative estimate of drug-likeness (QED) is 0.635. The third-order valence-electron chi connectivity index (χ3n) is 9.38. The Bertz CT molecular complexity index is 913. The number of fused-ring (bicyclic) bond motifs is 4. The molecule has 33 heavy (non-hydrogen) atoms. The summed E-state index contributed by atoms with van der Waals surface area (Å²) in [5.41, 5.74) is 4.55. The first-order chi connectivity index (χ1) is 16.0. The Morgan fingerprint density at radius 3 is 2.42 bits per heavy atom. The number of hydrogen-bond acceptors (Lipinski definition) is 5. The lowest BCUT2D eigenvalue weighted by molar-refractivity contribution is -0.181. The molecule has 0 bridgehead atoms. The zero-order valence-electron chi connectivity index (χ0n) is 20.3. The first-order valence-corrected chi connectivity index (χ1v) is 12.7. The summed E-state index contributed by atoms with van der Waals surface area (Å²) in [4.78, 5) is 13.1. The van der Waals surface area contributed by atoms with Crippen molar-refractivity contribution < 1.29 is 24.1 Å². The number of aliphatic hydroxyl groups excluding tert-OH is 1. The van der Waals surface area contributed by atoms with Crippen LogP contribution in [0.5, 0.6) is 5.75 Å². The van der Waals surface area contributed by atoms with Crippen LogP contribution in [0, 0.1) is 23.2 Å². The number of aliphatic hydroxyl groups is 1. The molecular weight excluding hydrogens is 416 g/mol. The number of carbonyl (C=O) groups excluding carboxylic acids is 1. The Hall–Kier alpha value is -1.69. The fourth-order valence-electron chi connectivity index (χ4n) is 7.90. The smallest absolute Gasteiger partial charge is 0.169 e. The van der Waals surface area contributed by atoms with Crippen molar-refractivity contribution in [1.82, 2.24) is 0 Å². The molecule has 1 aromatic carbocycles. The van der Waals surface area contributed by atoms with Crippen molar-refractivity contribution in [1.29, 1.82) is 0 Å². The van der Waals surface area contributed by atoms with E-state index in [0.29, 0.717) is 29.5 Å². The summed E-state index contributed by atoms with van der Waals surface area (Å²) in [5.74, 6) is 3.06. The molecule has 1 spiro atoms. The summed E-state index contributed by atoms with van der Waals surface area (Å²) >= 11 is 0. The summed E-state index contributed by atoms with van der Waals surface area (Å²) < 4.78 is 17.6. The fraction of sp³-hybridized carbons (Fsp3) is 0.679. The van der Waals surface area contributed by atoms with Gasteiger partial charge in [-0.05, 0) is 67.6 Å². The fourth-order valence-corrected chi connectivity index (χ4v) is 7.90. The number of carbonyl (C=O) groups is 1. The molecule has 5 atom stereocenters. The van der Waals surface area contributed by atoms with Gasteiger partial charge in [-0.1, -0.05) is 30.2 Å². The van der Waals surface area contributed by atoms with E-state index in [2.05, 4.69) is 31.2 Å². The zero-order valence-corrected chi connectivity index (χ0v) is 20.3. The van der Waals surface area contributed by atoms with Gasteiger partial charge in [-0.3, -0.25) is 4.79 Å². The maximum absolute atomic E-state index is 13.1. The molecule has 6 rings (SSSR count). The average Bonchev–Trinajstić information content (AvgIpc) is 3.43. The maximum atomic E-state index is 13.1. The predicted molar refractivity (Wildman–Crippen MR) is 126 cm³/mol. The third-order valence-corrected chi connectivity index (χ3v) is 9.38. The molecule has 5 heteroatoms. The van der Waals surface area contributed by atoms with E-state index in [-0.39, 0.29) is 11.2 Å². The molecule has 4 fully saturated rings. The Morgan fingerprint density at radius 1 is 1.00 bits per heavy atom. The van der Waals surface area contributed by atoms with Crippen LogP contribution in [0.3, 0.4) is 0 Å². The van der Waals surface area contributed by atoms with Crippen molar-refractivity contribution in [3.05, 3.63) is 41.0 Å². The maximum Gasteiger partial charge on any atom is 0.169 e. The lowest BCUT2D eigenvalue weighted by atomic mass is 9.52. The summed E-state index contributed by atoms with van der Waals surface area (Å²) in [6, 6.07) is 8.62. The molecule has 2 unspecified atom stereocenters. The van der Waals surface area contributed by atoms with Gasteiger partial charge in [0, 0.05) is 37.7 Å². The lowest BCUT2D eigenvalue weighted by Gasteiger charge is -2.52. The van der Waals surface area contributed by atoms with Crippen molar-refractivity contribution in [2.45, 2.75) is 70.0 Å². The molecular formula is C28H38O5. The summed E-state index contributed by atoms with van der Waals surface area (Å²) in [6.07, 6.45) is 8.30. The minimum atomic E-state index is -0.330. The van der Waals surface area contributed by atoms with Crippen LogP contribution in [0.2, 0.25) is 0 Å². The molecule has 0 aromatic heterocycles. The van der Waals surface area contributed by atoms with Gasteiger partial charge in [0.2, 0.25) is 0 Å². The van der Waals surface area contributed by atoms with Crippen LogP contribution in [0.1, 0.15) is 69.8 Å². The zero-order chi connectivity index (χ0) is 23.2. The monoisotopic (exact) mass is 454 g/mol. The second-order valence-electron chi connectivity index (χ2n) is 10.7. The van der Waals surface area contributed by atoms with Crippen LogP contribution in [0.4, 0.5) is 0 Å². The summed E-state index contributed by atoms with van der Waals surface area (Å²) in [6.45, 7) is 3.74. The van der Waals surface area contributed by atoms with Crippen molar-refractivity contribution in [3.8, 4) is 5.75 Å². The van der Waals surface area contributed by atoms with Gasteiger partial charge in [0.1, 0.15) is 11.5 Å². The number of methoxy groups -OCH3 is 1. The van der Waals surface area contributed by atoms with E-state index in [0.717, 1.165) is 64.6 Å². The van der Waals surface area contributed by atoms with Crippen LogP contribution in [0.25, 0.3) is 0 Å². The third kappa shape index (κ3) is 3.67. The average molecular weight is 455 g/mol. The highest BCUT2D eigenvalue weighted by atomic mass is 16.7. The number of ether oxygens (including phenoxy) is 3. The van der Waals surface area contributed by atoms with Crippen molar-refractivity contribution in [2.24, 2.45) is 23.2 Å². The second kappa shape index (κ2) is 8.83. The molecule has 5 nitrogen and oxygen atoms in total. The number of Topliss-reactive ketones (excluding diaryl/α,β-unsaturated/α-hetero) is 1. The Kier molecular flexibility index (Phi) is 6.17. The van der Waals surface area contributed by atoms with Gasteiger partial charge < -0.3 is 19.3 Å². The molecule has 1 saturated heterocycles. The minimum Gasteiger partial charge on any atom is -0.497 e. The predicted octanol–water partition coefficient (Wildman–Crippen LogP) is 5.03. The first kappa shape index (κ1) is 23.1. The molecule has 1 N–H and O–H groups in total. The van der Waals surface area contributed by atoms with Gasteiger partial charge in [0.15, 0.2) is 5.79 Å². The van der Waals surface area contributed by atoms with Crippen molar-refractivity contribution >= 4 is 5.78 Å². The van der Waals surface area contributed by atoms with Crippen LogP contribution in [0.15, 0.2) is 35.4 Å². The van der Waals surface area contributed by atoms with E-state index in [1.807, 2.05) is 0 Å². The van der Waals surface area contributed by atoms with E-state index in [1.54, 1.807) is 18.3 Å². The Morgan fingerprint density at radius 2 is 1.73 bits per heavy atom. The first-order valence-electron chi connectivity index (χ1n) is 12.7. The molecule has 5 aliphatic rings. The summed E-state index contributed by atoms with van der Waals surface area (Å²) in [5, 5.41) is 7.00. The van der Waals surface area contributed by atoms with E-state index in [9.17, 15) is 4.79 Å². The van der Waals surface area contributed by atoms with Crippen molar-refractivity contribution in [3.63, 3.8) is 0 Å². The molecule has 1 aromatic rings. The standard InChI is InChI=1S/C27H34O4.CH4O/c1-26-16-22(17-3-6-19(29-2)7-4-17)25-20-11-12-27(30-13-14-31-27)15-18(20)5-8-21(25)23(26)9-10-24(26)28;1-2/h3-4,6-7,18,21-23H,5,8-16H2,1-2H3;2H,1H3/t18?,21-,22+,23?,26-;/m0./s1. The number of benzene rings is 1. The number of rotatable bonds is 2. The highest BCUT2D eigenvalue weighted by Gasteiger charge is 2.57. The molecule has 1 heterocycles. The van der Waals surface area contributed by atoms with E-state index in [1.165, 1.54) is 18.4 Å². The second-order valence-corrected chi connectivity index (χ2v) is 10.7.